The predicted octanol–water partition coefficient (Wildman–Crippen LogP) is 3.05. The summed E-state index contributed by atoms with van der Waals surface area (Å²) in [6.45, 7) is 0.106. The van der Waals surface area contributed by atoms with Crippen molar-refractivity contribution in [3.8, 4) is 5.75 Å². The second-order valence-electron chi connectivity index (χ2n) is 3.61. The van der Waals surface area contributed by atoms with Crippen LogP contribution in [-0.2, 0) is 6.54 Å². The van der Waals surface area contributed by atoms with Crippen molar-refractivity contribution in [2.24, 2.45) is 0 Å². The van der Waals surface area contributed by atoms with Gasteiger partial charge in [-0.25, -0.2) is 0 Å². The van der Waals surface area contributed by atoms with Gasteiger partial charge in [-0.1, -0.05) is 12.1 Å². The van der Waals surface area contributed by atoms with Gasteiger partial charge in [0.15, 0.2) is 5.75 Å². The van der Waals surface area contributed by atoms with Gasteiger partial charge in [-0.3, -0.25) is 0 Å². The van der Waals surface area contributed by atoms with Crippen molar-refractivity contribution in [3.05, 3.63) is 42.2 Å². The fraction of sp³-hybridized carbons (Fsp3) is 0.182. The van der Waals surface area contributed by atoms with Crippen molar-refractivity contribution in [3.63, 3.8) is 0 Å². The topological polar surface area (TPSA) is 59.3 Å². The van der Waals surface area contributed by atoms with E-state index in [0.717, 1.165) is 0 Å². The quantitative estimate of drug-likeness (QED) is 0.852. The van der Waals surface area contributed by atoms with Gasteiger partial charge >= 0.3 is 6.36 Å². The summed E-state index contributed by atoms with van der Waals surface area (Å²) in [4.78, 5) is 0.639. The molecule has 5 nitrogen and oxygen atoms in total. The molecule has 0 aliphatic carbocycles. The Kier molecular flexibility index (Phi) is 5.09. The van der Waals surface area contributed by atoms with Crippen LogP contribution in [0.3, 0.4) is 0 Å². The number of anilines is 1. The van der Waals surface area contributed by atoms with Crippen LogP contribution in [0, 0.1) is 0 Å². The third-order valence-electron chi connectivity index (χ3n) is 2.27. The fourth-order valence-corrected chi connectivity index (χ4v) is 1.47. The highest BCUT2D eigenvalue weighted by Gasteiger charge is 2.32. The summed E-state index contributed by atoms with van der Waals surface area (Å²) in [6, 6.07) is 7.18. The summed E-state index contributed by atoms with van der Waals surface area (Å²) >= 11 is 0. The Morgan fingerprint density at radius 2 is 1.95 bits per heavy atom. The molecule has 0 fully saturated rings. The van der Waals surface area contributed by atoms with E-state index in [4.69, 9.17) is 0 Å². The average Bonchev–Trinajstić information content (AvgIpc) is 2.72. The summed E-state index contributed by atoms with van der Waals surface area (Å²) in [5, 5.41) is 15.5. The Balaban J connectivity index is 0.00000200. The Morgan fingerprint density at radius 1 is 1.25 bits per heavy atom. The molecule has 1 heterocycles. The number of hydrogen-bond acceptors (Lipinski definition) is 4. The molecule has 0 bridgehead atoms. The summed E-state index contributed by atoms with van der Waals surface area (Å²) in [6.07, 6.45) is -3.38. The first-order valence-electron chi connectivity index (χ1n) is 5.26. The van der Waals surface area contributed by atoms with E-state index in [2.05, 4.69) is 15.2 Å². The fourth-order valence-electron chi connectivity index (χ4n) is 1.47. The molecular weight excluding hydrogens is 299 g/mol. The van der Waals surface area contributed by atoms with Gasteiger partial charge in [0, 0.05) is 0 Å². The predicted molar refractivity (Wildman–Crippen MR) is 67.1 cm³/mol. The number of ether oxygens (including phenoxy) is 1. The van der Waals surface area contributed by atoms with Crippen LogP contribution in [0.25, 0.3) is 0 Å². The largest absolute Gasteiger partial charge is 0.573 e. The molecule has 0 unspecified atom stereocenters. The van der Waals surface area contributed by atoms with E-state index < -0.39 is 6.36 Å². The normalized spacial score (nSPS) is 10.8. The maximum absolute atomic E-state index is 12.2. The van der Waals surface area contributed by atoms with Crippen molar-refractivity contribution >= 4 is 18.1 Å². The molecule has 2 aromatic rings. The van der Waals surface area contributed by atoms with E-state index >= 15 is 0 Å². The smallest absolute Gasteiger partial charge is 0.411 e. The van der Waals surface area contributed by atoms with Crippen LogP contribution in [0.1, 0.15) is 5.69 Å². The molecule has 0 radical (unpaired) electrons. The highest BCUT2D eigenvalue weighted by atomic mass is 35.5. The second kappa shape index (κ2) is 6.38. The van der Waals surface area contributed by atoms with Gasteiger partial charge in [-0.15, -0.1) is 35.5 Å². The molecule has 0 saturated heterocycles. The Morgan fingerprint density at radius 3 is 2.55 bits per heavy atom. The molecule has 0 saturated carbocycles. The van der Waals surface area contributed by atoms with Crippen molar-refractivity contribution in [2.75, 3.05) is 5.32 Å². The summed E-state index contributed by atoms with van der Waals surface area (Å²) in [7, 11) is 0. The molecule has 1 aromatic carbocycles. The lowest BCUT2D eigenvalue weighted by Crippen LogP contribution is -2.18. The van der Waals surface area contributed by atoms with Gasteiger partial charge < -0.3 is 15.3 Å². The van der Waals surface area contributed by atoms with Crippen molar-refractivity contribution in [1.82, 2.24) is 9.94 Å². The minimum Gasteiger partial charge on any atom is -0.411 e. The zero-order chi connectivity index (χ0) is 13.9. The second-order valence-corrected chi connectivity index (χ2v) is 3.61. The molecule has 1 aromatic heterocycles. The molecule has 0 aliphatic heterocycles. The summed E-state index contributed by atoms with van der Waals surface area (Å²) < 4.78 is 40.5. The number of para-hydroxylation sites is 2. The first-order chi connectivity index (χ1) is 8.96. The van der Waals surface area contributed by atoms with Crippen LogP contribution in [0.4, 0.5) is 18.9 Å². The number of halogens is 4. The number of alkyl halides is 3. The van der Waals surface area contributed by atoms with E-state index in [0.29, 0.717) is 10.5 Å². The molecular formula is C11H11ClF3N3O2. The maximum atomic E-state index is 12.2. The molecule has 0 atom stereocenters. The van der Waals surface area contributed by atoms with E-state index in [1.807, 2.05) is 0 Å². The third kappa shape index (κ3) is 4.23. The van der Waals surface area contributed by atoms with Gasteiger partial charge in [-0.2, -0.15) is 0 Å². The van der Waals surface area contributed by atoms with Crippen molar-refractivity contribution < 1.29 is 23.1 Å². The molecule has 2 rings (SSSR count). The lowest BCUT2D eigenvalue weighted by molar-refractivity contribution is -0.274. The first-order valence-corrected chi connectivity index (χ1v) is 5.26. The highest BCUT2D eigenvalue weighted by Crippen LogP contribution is 2.30. The molecule has 0 spiro atoms. The number of rotatable bonds is 4. The van der Waals surface area contributed by atoms with Gasteiger partial charge in [0.2, 0.25) is 0 Å². The average molecular weight is 310 g/mol. The molecule has 2 N–H and O–H groups in total. The van der Waals surface area contributed by atoms with Gasteiger partial charge in [-0.05, 0) is 18.2 Å². The van der Waals surface area contributed by atoms with Crippen LogP contribution in [-0.4, -0.2) is 21.5 Å². The minimum atomic E-state index is -4.75. The maximum Gasteiger partial charge on any atom is 0.573 e. The molecule has 0 aliphatic rings. The van der Waals surface area contributed by atoms with E-state index in [9.17, 15) is 18.4 Å². The van der Waals surface area contributed by atoms with Gasteiger partial charge in [0.05, 0.1) is 24.1 Å². The number of nitrogens with one attached hydrogen (secondary N) is 1. The summed E-state index contributed by atoms with van der Waals surface area (Å²) in [5.41, 5.74) is 0.572. The monoisotopic (exact) mass is 309 g/mol. The van der Waals surface area contributed by atoms with E-state index in [1.165, 1.54) is 30.5 Å². The van der Waals surface area contributed by atoms with Crippen LogP contribution in [0.5, 0.6) is 5.75 Å². The number of benzene rings is 1. The summed E-state index contributed by atoms with van der Waals surface area (Å²) in [5.74, 6) is -0.334. The Labute approximate surface area is 118 Å². The van der Waals surface area contributed by atoms with Gasteiger partial charge in [0.25, 0.3) is 0 Å². The van der Waals surface area contributed by atoms with Crippen molar-refractivity contribution in [1.29, 1.82) is 0 Å². The highest BCUT2D eigenvalue weighted by molar-refractivity contribution is 5.85. The van der Waals surface area contributed by atoms with E-state index in [1.54, 1.807) is 6.07 Å². The Bertz CT molecular complexity index is 560. The lowest BCUT2D eigenvalue weighted by Gasteiger charge is -2.14. The lowest BCUT2D eigenvalue weighted by atomic mass is 10.3. The van der Waals surface area contributed by atoms with Crippen molar-refractivity contribution in [2.45, 2.75) is 12.9 Å². The van der Waals surface area contributed by atoms with Crippen LogP contribution in [0.15, 0.2) is 36.5 Å². The Hall–Kier alpha value is -2.09. The standard InChI is InChI=1S/C11H10F3N3O2.ClH/c12-11(13,14)19-10-4-2-1-3-9(10)15-7-8-5-6-16-17(8)18;/h1-6,15,18H,7H2;1H. The molecule has 9 heteroatoms. The molecule has 110 valence electrons. The number of aromatic nitrogens is 2. The number of nitrogens with zero attached hydrogens (tertiary/aromatic N) is 2. The van der Waals surface area contributed by atoms with Crippen LogP contribution in [0.2, 0.25) is 0 Å². The number of hydrogen-bond donors (Lipinski definition) is 2. The van der Waals surface area contributed by atoms with Gasteiger partial charge in [0.1, 0.15) is 0 Å². The molecule has 0 amide bonds. The third-order valence-corrected chi connectivity index (χ3v) is 2.27. The molecule has 20 heavy (non-hydrogen) atoms. The van der Waals surface area contributed by atoms with Crippen LogP contribution >= 0.6 is 12.4 Å². The van der Waals surface area contributed by atoms with Crippen LogP contribution < -0.4 is 10.1 Å². The zero-order valence-corrected chi connectivity index (χ0v) is 10.8. The zero-order valence-electron chi connectivity index (χ0n) is 9.96. The first kappa shape index (κ1) is 16.0. The van der Waals surface area contributed by atoms with E-state index in [-0.39, 0.29) is 30.4 Å². The minimum absolute atomic E-state index is 0. The SMILES string of the molecule is Cl.On1nccc1CNc1ccccc1OC(F)(F)F.